The van der Waals surface area contributed by atoms with Crippen LogP contribution in [0.3, 0.4) is 0 Å². The number of pyridine rings is 1. The largest absolute Gasteiger partial charge is 0.342 e. The summed E-state index contributed by atoms with van der Waals surface area (Å²) in [6.45, 7) is 2.12. The Morgan fingerprint density at radius 3 is 2.67 bits per heavy atom. The van der Waals surface area contributed by atoms with Crippen LogP contribution in [0.1, 0.15) is 24.0 Å². The monoisotopic (exact) mass is 431 g/mol. The van der Waals surface area contributed by atoms with Crippen LogP contribution in [0.5, 0.6) is 0 Å². The lowest BCUT2D eigenvalue weighted by Gasteiger charge is -2.39. The molecule has 4 heterocycles. The lowest BCUT2D eigenvalue weighted by atomic mass is 9.76. The van der Waals surface area contributed by atoms with Gasteiger partial charge in [-0.05, 0) is 70.9 Å². The van der Waals surface area contributed by atoms with Gasteiger partial charge in [-0.15, -0.1) is 0 Å². The minimum atomic E-state index is 0.430. The molecule has 5 rings (SSSR count). The average molecular weight is 431 g/mol. The van der Waals surface area contributed by atoms with Crippen molar-refractivity contribution in [3.8, 4) is 0 Å². The zero-order valence-electron chi connectivity index (χ0n) is 13.3. The van der Waals surface area contributed by atoms with Crippen LogP contribution in [-0.4, -0.2) is 32.4 Å². The molecule has 1 fully saturated rings. The van der Waals surface area contributed by atoms with Crippen LogP contribution in [0.2, 0.25) is 0 Å². The van der Waals surface area contributed by atoms with E-state index < -0.39 is 0 Å². The average Bonchev–Trinajstić information content (AvgIpc) is 3.21. The van der Waals surface area contributed by atoms with Gasteiger partial charge in [0.05, 0.1) is 3.57 Å². The van der Waals surface area contributed by atoms with Crippen molar-refractivity contribution in [3.05, 3.63) is 51.7 Å². The van der Waals surface area contributed by atoms with Crippen LogP contribution in [0.25, 0.3) is 5.65 Å². The number of anilines is 1. The van der Waals surface area contributed by atoms with Gasteiger partial charge in [0.2, 0.25) is 5.95 Å². The standard InChI is InChI=1S/C18H18IN5/c19-15-12-22-17(24-8-5-21-16(15)24)23-6-2-18(3-7-23)9-13-1-4-20-11-14(13)10-18/h1,4-5,8,11-12H,2-3,6-7,9-10H2. The van der Waals surface area contributed by atoms with Crippen molar-refractivity contribution in [2.24, 2.45) is 5.41 Å². The number of imidazole rings is 1. The van der Waals surface area contributed by atoms with Crippen molar-refractivity contribution in [2.75, 3.05) is 18.0 Å². The van der Waals surface area contributed by atoms with Crippen LogP contribution in [0, 0.1) is 8.99 Å². The number of nitrogens with zero attached hydrogens (tertiary/aromatic N) is 5. The van der Waals surface area contributed by atoms with Gasteiger partial charge in [-0.3, -0.25) is 9.38 Å². The third-order valence-corrected chi connectivity index (χ3v) is 6.37. The number of fused-ring (bicyclic) bond motifs is 2. The Bertz CT molecular complexity index is 884. The Kier molecular flexibility index (Phi) is 3.29. The fourth-order valence-electron chi connectivity index (χ4n) is 4.30. The van der Waals surface area contributed by atoms with E-state index in [0.717, 1.165) is 28.3 Å². The van der Waals surface area contributed by atoms with Gasteiger partial charge in [0.25, 0.3) is 0 Å². The summed E-state index contributed by atoms with van der Waals surface area (Å²) in [7, 11) is 0. The molecule has 122 valence electrons. The van der Waals surface area contributed by atoms with Crippen molar-refractivity contribution >= 4 is 34.2 Å². The molecule has 24 heavy (non-hydrogen) atoms. The Hall–Kier alpha value is -1.70. The number of hydrogen-bond donors (Lipinski definition) is 0. The number of hydrogen-bond acceptors (Lipinski definition) is 4. The van der Waals surface area contributed by atoms with E-state index in [0.29, 0.717) is 5.41 Å². The molecule has 0 N–H and O–H groups in total. The van der Waals surface area contributed by atoms with Gasteiger partial charge in [0, 0.05) is 44.1 Å². The SMILES string of the molecule is Ic1cnc(N2CCC3(CC2)Cc2ccncc2C3)n2ccnc12. The zero-order valence-corrected chi connectivity index (χ0v) is 15.5. The molecule has 3 aromatic rings. The highest BCUT2D eigenvalue weighted by molar-refractivity contribution is 14.1. The lowest BCUT2D eigenvalue weighted by molar-refractivity contribution is 0.231. The van der Waals surface area contributed by atoms with Crippen molar-refractivity contribution in [1.82, 2.24) is 19.4 Å². The van der Waals surface area contributed by atoms with Crippen molar-refractivity contribution in [1.29, 1.82) is 0 Å². The van der Waals surface area contributed by atoms with E-state index in [2.05, 4.69) is 59.1 Å². The fourth-order valence-corrected chi connectivity index (χ4v) is 4.84. The fraction of sp³-hybridized carbons (Fsp3) is 0.389. The minimum Gasteiger partial charge on any atom is -0.342 e. The lowest BCUT2D eigenvalue weighted by Crippen LogP contribution is -2.41. The molecular formula is C18H18IN5. The zero-order chi connectivity index (χ0) is 16.1. The van der Waals surface area contributed by atoms with E-state index in [1.807, 2.05) is 24.8 Å². The van der Waals surface area contributed by atoms with Crippen LogP contribution in [0.15, 0.2) is 37.1 Å². The predicted octanol–water partition coefficient (Wildman–Crippen LogP) is 3.11. The maximum absolute atomic E-state index is 4.69. The van der Waals surface area contributed by atoms with Gasteiger partial charge in [-0.1, -0.05) is 0 Å². The van der Waals surface area contributed by atoms with Gasteiger partial charge in [0.1, 0.15) is 0 Å². The molecule has 0 saturated carbocycles. The van der Waals surface area contributed by atoms with Gasteiger partial charge >= 0.3 is 0 Å². The highest BCUT2D eigenvalue weighted by Crippen LogP contribution is 2.44. The molecule has 1 spiro atoms. The maximum Gasteiger partial charge on any atom is 0.211 e. The van der Waals surface area contributed by atoms with Gasteiger partial charge in [-0.2, -0.15) is 0 Å². The van der Waals surface area contributed by atoms with E-state index in [9.17, 15) is 0 Å². The first-order valence-corrected chi connectivity index (χ1v) is 9.46. The summed E-state index contributed by atoms with van der Waals surface area (Å²) < 4.78 is 3.21. The van der Waals surface area contributed by atoms with E-state index in [-0.39, 0.29) is 0 Å². The van der Waals surface area contributed by atoms with Gasteiger partial charge < -0.3 is 4.90 Å². The third-order valence-electron chi connectivity index (χ3n) is 5.61. The van der Waals surface area contributed by atoms with Crippen LogP contribution in [-0.2, 0) is 12.8 Å². The Labute approximate surface area is 154 Å². The summed E-state index contributed by atoms with van der Waals surface area (Å²) in [6, 6.07) is 2.20. The summed E-state index contributed by atoms with van der Waals surface area (Å²) >= 11 is 2.30. The van der Waals surface area contributed by atoms with Crippen LogP contribution in [0.4, 0.5) is 5.95 Å². The number of rotatable bonds is 1. The summed E-state index contributed by atoms with van der Waals surface area (Å²) in [5.74, 6) is 1.02. The molecule has 2 aliphatic rings. The summed E-state index contributed by atoms with van der Waals surface area (Å²) in [4.78, 5) is 15.9. The van der Waals surface area contributed by atoms with E-state index >= 15 is 0 Å². The minimum absolute atomic E-state index is 0.430. The van der Waals surface area contributed by atoms with Gasteiger partial charge in [0.15, 0.2) is 5.65 Å². The maximum atomic E-state index is 4.69. The number of aromatic nitrogens is 4. The van der Waals surface area contributed by atoms with Crippen molar-refractivity contribution < 1.29 is 0 Å². The molecule has 0 amide bonds. The number of piperidine rings is 1. The summed E-state index contributed by atoms with van der Waals surface area (Å²) in [5, 5.41) is 0. The Balaban J connectivity index is 1.39. The third kappa shape index (κ3) is 2.22. The number of halogens is 1. The Morgan fingerprint density at radius 1 is 1.00 bits per heavy atom. The molecule has 1 aliphatic carbocycles. The molecule has 3 aromatic heterocycles. The van der Waals surface area contributed by atoms with Gasteiger partial charge in [-0.25, -0.2) is 9.97 Å². The normalized spacial score (nSPS) is 19.1. The van der Waals surface area contributed by atoms with E-state index in [4.69, 9.17) is 0 Å². The first-order chi connectivity index (χ1) is 11.7. The first-order valence-electron chi connectivity index (χ1n) is 8.38. The quantitative estimate of drug-likeness (QED) is 0.556. The van der Waals surface area contributed by atoms with E-state index in [1.54, 1.807) is 0 Å². The Morgan fingerprint density at radius 2 is 1.83 bits per heavy atom. The molecular weight excluding hydrogens is 413 g/mol. The molecule has 0 unspecified atom stereocenters. The second-order valence-electron chi connectivity index (χ2n) is 7.01. The molecule has 5 nitrogen and oxygen atoms in total. The van der Waals surface area contributed by atoms with Crippen LogP contribution >= 0.6 is 22.6 Å². The molecule has 0 aromatic carbocycles. The van der Waals surface area contributed by atoms with Crippen LogP contribution < -0.4 is 4.90 Å². The molecule has 0 atom stereocenters. The molecule has 0 bridgehead atoms. The topological polar surface area (TPSA) is 46.3 Å². The summed E-state index contributed by atoms with van der Waals surface area (Å²) in [5.41, 5.74) is 4.39. The molecule has 6 heteroatoms. The van der Waals surface area contributed by atoms with Crippen molar-refractivity contribution in [3.63, 3.8) is 0 Å². The highest BCUT2D eigenvalue weighted by Gasteiger charge is 2.40. The molecule has 0 radical (unpaired) electrons. The second-order valence-corrected chi connectivity index (χ2v) is 8.17. The summed E-state index contributed by atoms with van der Waals surface area (Å²) in [6.07, 6.45) is 14.6. The molecule has 1 aliphatic heterocycles. The van der Waals surface area contributed by atoms with E-state index in [1.165, 1.54) is 36.8 Å². The van der Waals surface area contributed by atoms with Crippen molar-refractivity contribution in [2.45, 2.75) is 25.7 Å². The molecule has 1 saturated heterocycles. The predicted molar refractivity (Wildman–Crippen MR) is 101 cm³/mol. The first kappa shape index (κ1) is 14.6. The highest BCUT2D eigenvalue weighted by atomic mass is 127. The smallest absolute Gasteiger partial charge is 0.211 e. The second kappa shape index (κ2) is 5.40.